The van der Waals surface area contributed by atoms with Gasteiger partial charge in [0.1, 0.15) is 0 Å². The molecule has 0 spiro atoms. The third-order valence-corrected chi connectivity index (χ3v) is 5.46. The molecule has 2 aliphatic rings. The molecule has 116 valence electrons. The lowest BCUT2D eigenvalue weighted by molar-refractivity contribution is 0.684. The molecule has 0 heteroatoms. The van der Waals surface area contributed by atoms with E-state index in [1.165, 1.54) is 29.5 Å². The van der Waals surface area contributed by atoms with Gasteiger partial charge in [-0.15, -0.1) is 0 Å². The van der Waals surface area contributed by atoms with E-state index in [1.54, 1.807) is 22.3 Å². The van der Waals surface area contributed by atoms with Gasteiger partial charge in [-0.05, 0) is 72.4 Å². The lowest BCUT2D eigenvalue weighted by Crippen LogP contribution is -2.14. The zero-order chi connectivity index (χ0) is 15.9. The highest BCUT2D eigenvalue weighted by Crippen LogP contribution is 2.45. The zero-order valence-corrected chi connectivity index (χ0v) is 14.7. The molecule has 1 aromatic rings. The van der Waals surface area contributed by atoms with E-state index in [0.717, 1.165) is 6.42 Å². The van der Waals surface area contributed by atoms with Crippen molar-refractivity contribution in [2.75, 3.05) is 0 Å². The third-order valence-electron chi connectivity index (χ3n) is 5.46. The molecule has 0 heterocycles. The summed E-state index contributed by atoms with van der Waals surface area (Å²) in [5.41, 5.74) is 10.7. The number of fused-ring (bicyclic) bond motifs is 1. The summed E-state index contributed by atoms with van der Waals surface area (Å²) >= 11 is 0. The van der Waals surface area contributed by atoms with Gasteiger partial charge in [-0.1, -0.05) is 56.7 Å². The Morgan fingerprint density at radius 3 is 2.36 bits per heavy atom. The number of hydrogen-bond donors (Lipinski definition) is 0. The molecule has 3 rings (SSSR count). The van der Waals surface area contributed by atoms with Crippen LogP contribution in [0.15, 0.2) is 52.6 Å². The Hall–Kier alpha value is -1.56. The molecule has 0 bridgehead atoms. The number of hydrogen-bond acceptors (Lipinski definition) is 0. The van der Waals surface area contributed by atoms with Gasteiger partial charge < -0.3 is 0 Å². The van der Waals surface area contributed by atoms with E-state index in [9.17, 15) is 0 Å². The Kier molecular flexibility index (Phi) is 4.12. The molecule has 0 fully saturated rings. The van der Waals surface area contributed by atoms with Gasteiger partial charge in [-0.3, -0.25) is 0 Å². The number of benzene rings is 1. The van der Waals surface area contributed by atoms with Crippen molar-refractivity contribution in [2.45, 2.75) is 59.8 Å². The molecular formula is C22H28. The fourth-order valence-corrected chi connectivity index (χ4v) is 4.02. The highest BCUT2D eigenvalue weighted by Gasteiger charge is 2.28. The highest BCUT2D eigenvalue weighted by molar-refractivity contribution is 5.57. The Balaban J connectivity index is 2.05. The summed E-state index contributed by atoms with van der Waals surface area (Å²) in [6, 6.07) is 6.99. The van der Waals surface area contributed by atoms with Crippen LogP contribution in [0.1, 0.15) is 62.6 Å². The molecule has 0 saturated carbocycles. The van der Waals surface area contributed by atoms with Crippen LogP contribution < -0.4 is 0 Å². The molecular weight excluding hydrogens is 264 g/mol. The molecule has 0 aliphatic heterocycles. The molecule has 22 heavy (non-hydrogen) atoms. The van der Waals surface area contributed by atoms with Crippen molar-refractivity contribution in [3.8, 4) is 0 Å². The minimum absolute atomic E-state index is 0.528. The SMILES string of the molecule is Cc1ccc(C(C)C2=C(C(C)C)C3=CCC=C3CC2)cc1C. The largest absolute Gasteiger partial charge is 0.0769 e. The minimum atomic E-state index is 0.528. The third kappa shape index (κ3) is 2.60. The molecule has 0 nitrogen and oxygen atoms in total. The molecule has 0 saturated heterocycles. The fraction of sp³-hybridized carbons (Fsp3) is 0.455. The average Bonchev–Trinajstić information content (AvgIpc) is 2.96. The van der Waals surface area contributed by atoms with E-state index in [4.69, 9.17) is 0 Å². The molecule has 0 N–H and O–H groups in total. The second kappa shape index (κ2) is 5.91. The number of aryl methyl sites for hydroxylation is 2. The summed E-state index contributed by atoms with van der Waals surface area (Å²) in [7, 11) is 0. The first-order valence-electron chi connectivity index (χ1n) is 8.69. The van der Waals surface area contributed by atoms with E-state index in [1.807, 2.05) is 0 Å². The standard InChI is InChI=1S/C22H28/c1-14(2)22-20(12-11-18-7-6-8-21(18)22)17(5)19-10-9-15(3)16(4)13-19/h7-10,13-14,17H,6,11-12H2,1-5H3. The Morgan fingerprint density at radius 2 is 1.68 bits per heavy atom. The second-order valence-electron chi connectivity index (χ2n) is 7.24. The van der Waals surface area contributed by atoms with E-state index < -0.39 is 0 Å². The van der Waals surface area contributed by atoms with Gasteiger partial charge in [0.15, 0.2) is 0 Å². The van der Waals surface area contributed by atoms with Crippen molar-refractivity contribution in [1.82, 2.24) is 0 Å². The predicted molar refractivity (Wildman–Crippen MR) is 96.2 cm³/mol. The first-order chi connectivity index (χ1) is 10.5. The first-order valence-corrected chi connectivity index (χ1v) is 8.69. The van der Waals surface area contributed by atoms with Crippen molar-refractivity contribution in [2.24, 2.45) is 5.92 Å². The number of rotatable bonds is 3. The maximum Gasteiger partial charge on any atom is 0.00261 e. The van der Waals surface area contributed by atoms with Crippen LogP contribution in [0, 0.1) is 19.8 Å². The van der Waals surface area contributed by atoms with E-state index in [2.05, 4.69) is 65.0 Å². The van der Waals surface area contributed by atoms with E-state index in [-0.39, 0.29) is 0 Å². The second-order valence-corrected chi connectivity index (χ2v) is 7.24. The molecule has 2 aliphatic carbocycles. The van der Waals surface area contributed by atoms with Crippen LogP contribution in [0.3, 0.4) is 0 Å². The van der Waals surface area contributed by atoms with Crippen molar-refractivity contribution >= 4 is 0 Å². The summed E-state index contributed by atoms with van der Waals surface area (Å²) < 4.78 is 0. The van der Waals surface area contributed by atoms with Gasteiger partial charge in [0, 0.05) is 5.92 Å². The van der Waals surface area contributed by atoms with Crippen LogP contribution in [0.25, 0.3) is 0 Å². The summed E-state index contributed by atoms with van der Waals surface area (Å²) in [6.07, 6.45) is 8.45. The van der Waals surface area contributed by atoms with Gasteiger partial charge in [-0.25, -0.2) is 0 Å². The molecule has 0 aromatic heterocycles. The van der Waals surface area contributed by atoms with Gasteiger partial charge in [0.2, 0.25) is 0 Å². The zero-order valence-electron chi connectivity index (χ0n) is 14.7. The molecule has 0 amide bonds. The molecule has 1 atom stereocenters. The number of allylic oxidation sites excluding steroid dienone is 6. The Bertz CT molecular complexity index is 680. The van der Waals surface area contributed by atoms with Crippen LogP contribution in [0.2, 0.25) is 0 Å². The molecule has 0 radical (unpaired) electrons. The smallest absolute Gasteiger partial charge is 0.00261 e. The van der Waals surface area contributed by atoms with Gasteiger partial charge in [-0.2, -0.15) is 0 Å². The van der Waals surface area contributed by atoms with Crippen LogP contribution in [0.5, 0.6) is 0 Å². The fourth-order valence-electron chi connectivity index (χ4n) is 4.02. The monoisotopic (exact) mass is 292 g/mol. The van der Waals surface area contributed by atoms with Crippen molar-refractivity contribution in [3.63, 3.8) is 0 Å². The lowest BCUT2D eigenvalue weighted by atomic mass is 9.74. The van der Waals surface area contributed by atoms with Crippen molar-refractivity contribution in [1.29, 1.82) is 0 Å². The Morgan fingerprint density at radius 1 is 0.909 bits per heavy atom. The van der Waals surface area contributed by atoms with Crippen molar-refractivity contribution in [3.05, 3.63) is 69.3 Å². The van der Waals surface area contributed by atoms with Gasteiger partial charge >= 0.3 is 0 Å². The summed E-state index contributed by atoms with van der Waals surface area (Å²) in [5.74, 6) is 1.14. The van der Waals surface area contributed by atoms with Crippen LogP contribution in [-0.4, -0.2) is 0 Å². The topological polar surface area (TPSA) is 0 Å². The summed E-state index contributed by atoms with van der Waals surface area (Å²) in [6.45, 7) is 11.5. The lowest BCUT2D eigenvalue weighted by Gasteiger charge is -2.30. The van der Waals surface area contributed by atoms with Crippen LogP contribution in [0.4, 0.5) is 0 Å². The molecule has 1 unspecified atom stereocenters. The van der Waals surface area contributed by atoms with Crippen molar-refractivity contribution < 1.29 is 0 Å². The highest BCUT2D eigenvalue weighted by atomic mass is 14.3. The van der Waals surface area contributed by atoms with Crippen LogP contribution >= 0.6 is 0 Å². The minimum Gasteiger partial charge on any atom is -0.0769 e. The average molecular weight is 292 g/mol. The summed E-state index contributed by atoms with van der Waals surface area (Å²) in [5, 5.41) is 0. The molecule has 1 aromatic carbocycles. The van der Waals surface area contributed by atoms with Crippen LogP contribution in [-0.2, 0) is 0 Å². The van der Waals surface area contributed by atoms with Gasteiger partial charge in [0.25, 0.3) is 0 Å². The quantitative estimate of drug-likeness (QED) is 0.604. The maximum atomic E-state index is 2.44. The Labute approximate surface area is 135 Å². The predicted octanol–water partition coefficient (Wildman–Crippen LogP) is 6.41. The van der Waals surface area contributed by atoms with Gasteiger partial charge in [0.05, 0.1) is 0 Å². The first kappa shape index (κ1) is 15.3. The maximum absolute atomic E-state index is 2.44. The van der Waals surface area contributed by atoms with E-state index >= 15 is 0 Å². The normalized spacial score (nSPS) is 19.2. The van der Waals surface area contributed by atoms with E-state index in [0.29, 0.717) is 11.8 Å². The summed E-state index contributed by atoms with van der Waals surface area (Å²) in [4.78, 5) is 0.